The molecule has 1 aliphatic rings. The molecule has 0 bridgehead atoms. The Hall–Kier alpha value is -1.81. The van der Waals surface area contributed by atoms with E-state index in [0.717, 1.165) is 34.3 Å². The molecule has 2 aromatic rings. The Morgan fingerprint density at radius 3 is 2.52 bits per heavy atom. The number of anilines is 2. The van der Waals surface area contributed by atoms with E-state index in [2.05, 4.69) is 35.0 Å². The molecule has 0 fully saturated rings. The maximum absolute atomic E-state index is 13.1. The highest BCUT2D eigenvalue weighted by atomic mass is 79.9. The van der Waals surface area contributed by atoms with Crippen molar-refractivity contribution in [3.63, 3.8) is 0 Å². The van der Waals surface area contributed by atoms with Gasteiger partial charge in [-0.3, -0.25) is 4.79 Å². The second kappa shape index (κ2) is 6.36. The summed E-state index contributed by atoms with van der Waals surface area (Å²) in [6, 6.07) is 14.2. The molecule has 4 heteroatoms. The smallest absolute Gasteiger partial charge is 0.258 e. The molecule has 3 rings (SSSR count). The van der Waals surface area contributed by atoms with Crippen LogP contribution in [0.3, 0.4) is 0 Å². The summed E-state index contributed by atoms with van der Waals surface area (Å²) >= 11 is 3.53. The zero-order chi connectivity index (χ0) is 16.6. The zero-order valence-corrected chi connectivity index (χ0v) is 15.3. The number of hydrogen-bond donors (Lipinski definition) is 0. The summed E-state index contributed by atoms with van der Waals surface area (Å²) in [5.74, 6) is 0.0712. The molecular formula is C19H21BrN2O. The quantitative estimate of drug-likeness (QED) is 0.774. The van der Waals surface area contributed by atoms with Crippen LogP contribution in [0.2, 0.25) is 0 Å². The maximum Gasteiger partial charge on any atom is 0.258 e. The lowest BCUT2D eigenvalue weighted by molar-refractivity contribution is 0.0975. The van der Waals surface area contributed by atoms with Crippen LogP contribution in [0.1, 0.15) is 29.3 Å². The predicted molar refractivity (Wildman–Crippen MR) is 99.5 cm³/mol. The molecule has 2 aromatic carbocycles. The van der Waals surface area contributed by atoms with Gasteiger partial charge in [-0.2, -0.15) is 0 Å². The van der Waals surface area contributed by atoms with Crippen molar-refractivity contribution in [3.05, 3.63) is 58.1 Å². The Balaban J connectivity index is 1.97. The number of benzene rings is 2. The summed E-state index contributed by atoms with van der Waals surface area (Å²) in [7, 11) is 3.99. The van der Waals surface area contributed by atoms with E-state index >= 15 is 0 Å². The van der Waals surface area contributed by atoms with Crippen LogP contribution < -0.4 is 9.80 Å². The standard InChI is InChI=1S/C19H21BrN2O/c1-13-4-5-14-6-9-16(20)12-18(14)22(13)19(23)15-7-10-17(11-8-15)21(2)3/h6-13H,4-5H2,1-3H3. The van der Waals surface area contributed by atoms with Gasteiger partial charge < -0.3 is 9.80 Å². The largest absolute Gasteiger partial charge is 0.378 e. The lowest BCUT2D eigenvalue weighted by atomic mass is 9.95. The molecule has 23 heavy (non-hydrogen) atoms. The fourth-order valence-corrected chi connectivity index (χ4v) is 3.40. The van der Waals surface area contributed by atoms with Gasteiger partial charge in [0.2, 0.25) is 0 Å². The Morgan fingerprint density at radius 2 is 1.87 bits per heavy atom. The average molecular weight is 373 g/mol. The van der Waals surface area contributed by atoms with Gasteiger partial charge in [0.1, 0.15) is 0 Å². The summed E-state index contributed by atoms with van der Waals surface area (Å²) in [6.07, 6.45) is 2.02. The molecule has 1 heterocycles. The average Bonchev–Trinajstić information content (AvgIpc) is 2.54. The third-order valence-corrected chi connectivity index (χ3v) is 4.92. The van der Waals surface area contributed by atoms with Gasteiger partial charge in [-0.05, 0) is 61.7 Å². The molecule has 0 aliphatic carbocycles. The van der Waals surface area contributed by atoms with E-state index in [4.69, 9.17) is 0 Å². The Morgan fingerprint density at radius 1 is 1.17 bits per heavy atom. The van der Waals surface area contributed by atoms with Crippen molar-refractivity contribution in [3.8, 4) is 0 Å². The zero-order valence-electron chi connectivity index (χ0n) is 13.7. The van der Waals surface area contributed by atoms with Crippen molar-refractivity contribution >= 4 is 33.2 Å². The van der Waals surface area contributed by atoms with E-state index in [1.165, 1.54) is 5.56 Å². The number of carbonyl (C=O) groups excluding carboxylic acids is 1. The van der Waals surface area contributed by atoms with E-state index in [0.29, 0.717) is 0 Å². The molecule has 0 spiro atoms. The first-order valence-electron chi connectivity index (χ1n) is 7.87. The minimum atomic E-state index is 0.0712. The second-order valence-corrected chi connectivity index (χ2v) is 7.19. The molecule has 1 unspecified atom stereocenters. The lowest BCUT2D eigenvalue weighted by Gasteiger charge is -2.35. The highest BCUT2D eigenvalue weighted by Gasteiger charge is 2.29. The van der Waals surface area contributed by atoms with Crippen molar-refractivity contribution < 1.29 is 4.79 Å². The van der Waals surface area contributed by atoms with Crippen LogP contribution in [0.4, 0.5) is 11.4 Å². The van der Waals surface area contributed by atoms with Crippen LogP contribution in [0.15, 0.2) is 46.9 Å². The molecule has 0 saturated heterocycles. The van der Waals surface area contributed by atoms with E-state index < -0.39 is 0 Å². The van der Waals surface area contributed by atoms with Gasteiger partial charge in [-0.1, -0.05) is 22.0 Å². The first kappa shape index (κ1) is 16.1. The molecule has 1 atom stereocenters. The number of aryl methyl sites for hydroxylation is 1. The maximum atomic E-state index is 13.1. The normalized spacial score (nSPS) is 16.9. The third-order valence-electron chi connectivity index (χ3n) is 4.43. The third kappa shape index (κ3) is 3.13. The summed E-state index contributed by atoms with van der Waals surface area (Å²) in [6.45, 7) is 2.12. The second-order valence-electron chi connectivity index (χ2n) is 6.28. The summed E-state index contributed by atoms with van der Waals surface area (Å²) in [5.41, 5.74) is 4.09. The molecule has 0 saturated carbocycles. The van der Waals surface area contributed by atoms with Crippen LogP contribution >= 0.6 is 15.9 Å². The highest BCUT2D eigenvalue weighted by molar-refractivity contribution is 9.10. The van der Waals surface area contributed by atoms with E-state index in [9.17, 15) is 4.79 Å². The molecule has 1 amide bonds. The van der Waals surface area contributed by atoms with Gasteiger partial charge in [-0.15, -0.1) is 0 Å². The first-order valence-corrected chi connectivity index (χ1v) is 8.66. The highest BCUT2D eigenvalue weighted by Crippen LogP contribution is 2.34. The van der Waals surface area contributed by atoms with Gasteiger partial charge in [-0.25, -0.2) is 0 Å². The number of fused-ring (bicyclic) bond motifs is 1. The van der Waals surface area contributed by atoms with Gasteiger partial charge >= 0.3 is 0 Å². The minimum Gasteiger partial charge on any atom is -0.378 e. The molecular weight excluding hydrogens is 352 g/mol. The van der Waals surface area contributed by atoms with Crippen molar-refractivity contribution in [2.24, 2.45) is 0 Å². The molecule has 0 radical (unpaired) electrons. The number of amides is 1. The van der Waals surface area contributed by atoms with E-state index in [-0.39, 0.29) is 11.9 Å². The van der Waals surface area contributed by atoms with Crippen LogP contribution in [0, 0.1) is 0 Å². The van der Waals surface area contributed by atoms with Crippen LogP contribution in [0.25, 0.3) is 0 Å². The molecule has 0 N–H and O–H groups in total. The molecule has 1 aliphatic heterocycles. The molecule has 3 nitrogen and oxygen atoms in total. The van der Waals surface area contributed by atoms with Crippen molar-refractivity contribution in [2.75, 3.05) is 23.9 Å². The first-order chi connectivity index (χ1) is 11.0. The Labute approximate surface area is 146 Å². The van der Waals surface area contributed by atoms with Gasteiger partial charge in [0.05, 0.1) is 0 Å². The van der Waals surface area contributed by atoms with Gasteiger partial charge in [0, 0.05) is 41.5 Å². The van der Waals surface area contributed by atoms with E-state index in [1.807, 2.05) is 54.2 Å². The predicted octanol–water partition coefficient (Wildman–Crippen LogP) is 4.50. The number of nitrogens with zero attached hydrogens (tertiary/aromatic N) is 2. The van der Waals surface area contributed by atoms with Crippen molar-refractivity contribution in [2.45, 2.75) is 25.8 Å². The summed E-state index contributed by atoms with van der Waals surface area (Å²) in [5, 5.41) is 0. The fourth-order valence-electron chi connectivity index (χ4n) is 3.05. The van der Waals surface area contributed by atoms with Crippen molar-refractivity contribution in [1.82, 2.24) is 0 Å². The number of rotatable bonds is 2. The van der Waals surface area contributed by atoms with Gasteiger partial charge in [0.25, 0.3) is 5.91 Å². The monoisotopic (exact) mass is 372 g/mol. The number of halogens is 1. The number of carbonyl (C=O) groups is 1. The van der Waals surface area contributed by atoms with Crippen LogP contribution in [-0.4, -0.2) is 26.0 Å². The Kier molecular flexibility index (Phi) is 4.44. The minimum absolute atomic E-state index is 0.0712. The SMILES string of the molecule is CC1CCc2ccc(Br)cc2N1C(=O)c1ccc(N(C)C)cc1. The van der Waals surface area contributed by atoms with Crippen molar-refractivity contribution in [1.29, 1.82) is 0 Å². The molecule has 120 valence electrons. The molecule has 0 aromatic heterocycles. The lowest BCUT2D eigenvalue weighted by Crippen LogP contribution is -2.42. The van der Waals surface area contributed by atoms with Crippen LogP contribution in [-0.2, 0) is 6.42 Å². The summed E-state index contributed by atoms with van der Waals surface area (Å²) in [4.78, 5) is 17.0. The summed E-state index contributed by atoms with van der Waals surface area (Å²) < 4.78 is 1.01. The van der Waals surface area contributed by atoms with Crippen LogP contribution in [0.5, 0.6) is 0 Å². The Bertz CT molecular complexity index is 725. The fraction of sp³-hybridized carbons (Fsp3) is 0.316. The van der Waals surface area contributed by atoms with Gasteiger partial charge in [0.15, 0.2) is 0 Å². The number of hydrogen-bond acceptors (Lipinski definition) is 2. The topological polar surface area (TPSA) is 23.6 Å². The van der Waals surface area contributed by atoms with E-state index in [1.54, 1.807) is 0 Å².